The number of amides is 1. The quantitative estimate of drug-likeness (QED) is 0.513. The zero-order chi connectivity index (χ0) is 18.1. The molecule has 0 radical (unpaired) electrons. The van der Waals surface area contributed by atoms with Crippen molar-refractivity contribution in [1.29, 1.82) is 0 Å². The first-order chi connectivity index (χ1) is 12.1. The third kappa shape index (κ3) is 5.55. The minimum absolute atomic E-state index is 0.00197. The van der Waals surface area contributed by atoms with Gasteiger partial charge in [0.25, 0.3) is 5.69 Å². The van der Waals surface area contributed by atoms with Gasteiger partial charge in [-0.25, -0.2) is 4.79 Å². The predicted octanol–water partition coefficient (Wildman–Crippen LogP) is 2.88. The molecule has 0 unspecified atom stereocenters. The van der Waals surface area contributed by atoms with Gasteiger partial charge in [0, 0.05) is 12.1 Å². The number of carbonyl (C=O) groups is 1. The molecule has 2 aromatic rings. The molecule has 0 aliphatic rings. The fourth-order valence-corrected chi connectivity index (χ4v) is 1.93. The molecule has 0 aliphatic carbocycles. The Bertz CT molecular complexity index is 809. The van der Waals surface area contributed by atoms with Gasteiger partial charge >= 0.3 is 6.09 Å². The topological polar surface area (TPSA) is 90.7 Å². The van der Waals surface area contributed by atoms with Crippen molar-refractivity contribution < 1.29 is 19.2 Å². The summed E-state index contributed by atoms with van der Waals surface area (Å²) in [5, 5.41) is 13.5. The van der Waals surface area contributed by atoms with E-state index in [0.717, 1.165) is 5.56 Å². The number of nitro benzene ring substituents is 1. The smallest absolute Gasteiger partial charge is 0.408 e. The zero-order valence-electron chi connectivity index (χ0n) is 13.5. The summed E-state index contributed by atoms with van der Waals surface area (Å²) in [5.74, 6) is 5.78. The minimum Gasteiger partial charge on any atom is -0.497 e. The van der Waals surface area contributed by atoms with Gasteiger partial charge in [0.2, 0.25) is 0 Å². The van der Waals surface area contributed by atoms with E-state index in [-0.39, 0.29) is 24.4 Å². The largest absolute Gasteiger partial charge is 0.497 e. The molecule has 0 heterocycles. The van der Waals surface area contributed by atoms with Crippen molar-refractivity contribution in [2.75, 3.05) is 13.7 Å². The molecular weight excluding hydrogens is 324 g/mol. The van der Waals surface area contributed by atoms with E-state index in [0.29, 0.717) is 5.75 Å². The van der Waals surface area contributed by atoms with Crippen LogP contribution in [0.5, 0.6) is 5.75 Å². The Kier molecular flexibility index (Phi) is 6.37. The summed E-state index contributed by atoms with van der Waals surface area (Å²) < 4.78 is 10.1. The van der Waals surface area contributed by atoms with Gasteiger partial charge < -0.3 is 14.8 Å². The third-order valence-electron chi connectivity index (χ3n) is 3.16. The second kappa shape index (κ2) is 8.93. The lowest BCUT2D eigenvalue weighted by molar-refractivity contribution is -0.385. The van der Waals surface area contributed by atoms with Gasteiger partial charge in [0.05, 0.1) is 18.6 Å². The van der Waals surface area contributed by atoms with Crippen LogP contribution in [-0.2, 0) is 11.3 Å². The number of carbonyl (C=O) groups excluding carboxylic acids is 1. The lowest BCUT2D eigenvalue weighted by Gasteiger charge is -2.04. The van der Waals surface area contributed by atoms with Gasteiger partial charge in [0.15, 0.2) is 0 Å². The number of nitrogens with one attached hydrogen (secondary N) is 1. The first-order valence-corrected chi connectivity index (χ1v) is 7.36. The van der Waals surface area contributed by atoms with Crippen LogP contribution in [0, 0.1) is 22.0 Å². The molecule has 7 heteroatoms. The van der Waals surface area contributed by atoms with Crippen LogP contribution >= 0.6 is 0 Å². The average molecular weight is 340 g/mol. The van der Waals surface area contributed by atoms with Crippen LogP contribution in [0.2, 0.25) is 0 Å². The van der Waals surface area contributed by atoms with Crippen molar-refractivity contribution in [3.8, 4) is 17.6 Å². The maximum atomic E-state index is 11.6. The molecule has 0 atom stereocenters. The SMILES string of the molecule is COc1ccc([N+](=O)[O-])c(C#CCNC(=O)OCc2ccccc2)c1. The molecule has 2 rings (SSSR count). The lowest BCUT2D eigenvalue weighted by atomic mass is 10.1. The van der Waals surface area contributed by atoms with Gasteiger partial charge in [-0.15, -0.1) is 0 Å². The Hall–Kier alpha value is -3.53. The van der Waals surface area contributed by atoms with Crippen molar-refractivity contribution >= 4 is 11.8 Å². The molecule has 7 nitrogen and oxygen atoms in total. The summed E-state index contributed by atoms with van der Waals surface area (Å²) in [4.78, 5) is 22.0. The number of hydrogen-bond donors (Lipinski definition) is 1. The van der Waals surface area contributed by atoms with E-state index < -0.39 is 11.0 Å². The summed E-state index contributed by atoms with van der Waals surface area (Å²) in [6.45, 7) is 0.156. The summed E-state index contributed by atoms with van der Waals surface area (Å²) in [6, 6.07) is 13.5. The van der Waals surface area contributed by atoms with Gasteiger partial charge in [-0.1, -0.05) is 42.2 Å². The van der Waals surface area contributed by atoms with Crippen LogP contribution in [0.3, 0.4) is 0 Å². The molecule has 0 bridgehead atoms. The lowest BCUT2D eigenvalue weighted by Crippen LogP contribution is -2.24. The van der Waals surface area contributed by atoms with Crippen LogP contribution in [0.4, 0.5) is 10.5 Å². The molecular formula is C18H16N2O5. The molecule has 1 N–H and O–H groups in total. The summed E-state index contributed by atoms with van der Waals surface area (Å²) in [6.07, 6.45) is -0.613. The molecule has 0 saturated carbocycles. The first kappa shape index (κ1) is 17.8. The van der Waals surface area contributed by atoms with E-state index in [4.69, 9.17) is 9.47 Å². The van der Waals surface area contributed by atoms with E-state index in [1.807, 2.05) is 30.3 Å². The number of benzene rings is 2. The highest BCUT2D eigenvalue weighted by Gasteiger charge is 2.12. The molecule has 25 heavy (non-hydrogen) atoms. The normalized spacial score (nSPS) is 9.48. The van der Waals surface area contributed by atoms with E-state index in [1.54, 1.807) is 0 Å². The van der Waals surface area contributed by atoms with Gasteiger partial charge in [-0.05, 0) is 11.6 Å². The highest BCUT2D eigenvalue weighted by atomic mass is 16.6. The Balaban J connectivity index is 1.89. The molecule has 0 saturated heterocycles. The van der Waals surface area contributed by atoms with Crippen molar-refractivity contribution in [3.05, 3.63) is 69.8 Å². The number of nitro groups is 1. The molecule has 0 fully saturated rings. The van der Waals surface area contributed by atoms with Crippen molar-refractivity contribution in [2.24, 2.45) is 0 Å². The van der Waals surface area contributed by atoms with Gasteiger partial charge in [-0.2, -0.15) is 0 Å². The number of rotatable bonds is 5. The number of methoxy groups -OCH3 is 1. The molecule has 0 aromatic heterocycles. The van der Waals surface area contributed by atoms with E-state index in [1.165, 1.54) is 25.3 Å². The highest BCUT2D eigenvalue weighted by Crippen LogP contribution is 2.22. The average Bonchev–Trinajstić information content (AvgIpc) is 2.64. The second-order valence-corrected chi connectivity index (χ2v) is 4.86. The fourth-order valence-electron chi connectivity index (χ4n) is 1.93. The monoisotopic (exact) mass is 340 g/mol. The molecule has 0 aliphatic heterocycles. The van der Waals surface area contributed by atoms with Crippen molar-refractivity contribution in [2.45, 2.75) is 6.61 Å². The van der Waals surface area contributed by atoms with E-state index in [2.05, 4.69) is 17.2 Å². The Morgan fingerprint density at radius 2 is 2.00 bits per heavy atom. The fraction of sp³-hybridized carbons (Fsp3) is 0.167. The van der Waals surface area contributed by atoms with E-state index in [9.17, 15) is 14.9 Å². The maximum absolute atomic E-state index is 11.6. The molecule has 0 spiro atoms. The Morgan fingerprint density at radius 3 is 2.68 bits per heavy atom. The minimum atomic E-state index is -0.613. The number of alkyl carbamates (subject to hydrolysis) is 1. The molecule has 2 aromatic carbocycles. The number of nitrogens with zero attached hydrogens (tertiary/aromatic N) is 1. The predicted molar refractivity (Wildman–Crippen MR) is 91.2 cm³/mol. The second-order valence-electron chi connectivity index (χ2n) is 4.86. The highest BCUT2D eigenvalue weighted by molar-refractivity contribution is 5.67. The zero-order valence-corrected chi connectivity index (χ0v) is 13.5. The summed E-state index contributed by atoms with van der Waals surface area (Å²) >= 11 is 0. The van der Waals surface area contributed by atoms with E-state index >= 15 is 0 Å². The van der Waals surface area contributed by atoms with Crippen LogP contribution in [0.1, 0.15) is 11.1 Å². The summed E-state index contributed by atoms with van der Waals surface area (Å²) in [5.41, 5.74) is 0.958. The van der Waals surface area contributed by atoms with Crippen LogP contribution < -0.4 is 10.1 Å². The standard InChI is InChI=1S/C18H16N2O5/c1-24-16-9-10-17(20(22)23)15(12-16)8-5-11-19-18(21)25-13-14-6-3-2-4-7-14/h2-4,6-7,9-10,12H,11,13H2,1H3,(H,19,21). The van der Waals surface area contributed by atoms with Crippen LogP contribution in [0.15, 0.2) is 48.5 Å². The van der Waals surface area contributed by atoms with Gasteiger partial charge in [-0.3, -0.25) is 10.1 Å². The van der Waals surface area contributed by atoms with Crippen molar-refractivity contribution in [1.82, 2.24) is 5.32 Å². The first-order valence-electron chi connectivity index (χ1n) is 7.36. The third-order valence-corrected chi connectivity index (χ3v) is 3.16. The van der Waals surface area contributed by atoms with Gasteiger partial charge in [0.1, 0.15) is 17.9 Å². The maximum Gasteiger partial charge on any atom is 0.408 e. The summed E-state index contributed by atoms with van der Waals surface area (Å²) in [7, 11) is 1.46. The number of hydrogen-bond acceptors (Lipinski definition) is 5. The Morgan fingerprint density at radius 1 is 1.24 bits per heavy atom. The van der Waals surface area contributed by atoms with Crippen LogP contribution in [0.25, 0.3) is 0 Å². The number of ether oxygens (including phenoxy) is 2. The van der Waals surface area contributed by atoms with Crippen molar-refractivity contribution in [3.63, 3.8) is 0 Å². The molecule has 128 valence electrons. The Labute approximate surface area is 144 Å². The molecule has 1 amide bonds. The van der Waals surface area contributed by atoms with Crippen LogP contribution in [-0.4, -0.2) is 24.7 Å².